The van der Waals surface area contributed by atoms with Crippen molar-refractivity contribution in [3.63, 3.8) is 0 Å². The molecule has 1 aromatic carbocycles. The Bertz CT molecular complexity index is 725. The Hall–Kier alpha value is -2.83. The highest BCUT2D eigenvalue weighted by atomic mass is 16.2. The summed E-state index contributed by atoms with van der Waals surface area (Å²) in [5, 5.41) is 5.42. The van der Waals surface area contributed by atoms with Gasteiger partial charge in [-0.05, 0) is 12.1 Å². The molecule has 2 N–H and O–H groups in total. The van der Waals surface area contributed by atoms with Gasteiger partial charge in [0.05, 0.1) is 5.92 Å². The molecule has 24 heavy (non-hydrogen) atoms. The first-order chi connectivity index (χ1) is 11.4. The molecule has 0 unspecified atom stereocenters. The zero-order valence-electron chi connectivity index (χ0n) is 14.4. The van der Waals surface area contributed by atoms with Crippen molar-refractivity contribution in [2.24, 2.45) is 13.0 Å². The number of imidazole rings is 1. The van der Waals surface area contributed by atoms with Crippen molar-refractivity contribution >= 4 is 17.6 Å². The lowest BCUT2D eigenvalue weighted by Crippen LogP contribution is -2.39. The number of anilines is 1. The molecule has 1 atom stereocenters. The van der Waals surface area contributed by atoms with Crippen LogP contribution in [-0.4, -0.2) is 47.0 Å². The summed E-state index contributed by atoms with van der Waals surface area (Å²) in [6.45, 7) is 2.12. The summed E-state index contributed by atoms with van der Waals surface area (Å²) in [5.74, 6) is 0.462. The molecule has 1 heterocycles. The van der Waals surface area contributed by atoms with Crippen LogP contribution >= 0.6 is 0 Å². The van der Waals surface area contributed by atoms with Crippen molar-refractivity contribution in [3.05, 3.63) is 36.7 Å². The summed E-state index contributed by atoms with van der Waals surface area (Å²) in [6.07, 6.45) is 3.60. The second kappa shape index (κ2) is 7.63. The number of amides is 3. The topological polar surface area (TPSA) is 79.3 Å². The molecule has 0 bridgehead atoms. The van der Waals surface area contributed by atoms with Crippen LogP contribution in [0.2, 0.25) is 0 Å². The SMILES string of the molecule is CNC(=O)[C@@H](C)CN(C)C(=O)Nc1cccc(-c2nccn2C)c1. The average Bonchev–Trinajstić information content (AvgIpc) is 3.00. The number of nitrogens with one attached hydrogen (secondary N) is 2. The van der Waals surface area contributed by atoms with Crippen LogP contribution < -0.4 is 10.6 Å². The summed E-state index contributed by atoms with van der Waals surface area (Å²) < 4.78 is 1.91. The second-order valence-corrected chi connectivity index (χ2v) is 5.77. The maximum atomic E-state index is 12.3. The highest BCUT2D eigenvalue weighted by Gasteiger charge is 2.17. The van der Waals surface area contributed by atoms with Crippen molar-refractivity contribution in [1.29, 1.82) is 0 Å². The summed E-state index contributed by atoms with van der Waals surface area (Å²) in [5.41, 5.74) is 1.60. The molecule has 0 radical (unpaired) electrons. The van der Waals surface area contributed by atoms with Crippen LogP contribution in [0.1, 0.15) is 6.92 Å². The van der Waals surface area contributed by atoms with Gasteiger partial charge in [0.15, 0.2) is 0 Å². The maximum absolute atomic E-state index is 12.3. The first-order valence-electron chi connectivity index (χ1n) is 7.74. The first kappa shape index (κ1) is 17.5. The molecule has 0 saturated heterocycles. The number of carbonyl (C=O) groups excluding carboxylic acids is 2. The lowest BCUT2D eigenvalue weighted by Gasteiger charge is -2.21. The third-order valence-corrected chi connectivity index (χ3v) is 3.78. The standard InChI is InChI=1S/C17H23N5O2/c1-12(16(23)18-2)11-22(4)17(24)20-14-7-5-6-13(10-14)15-19-8-9-21(15)3/h5-10,12H,11H2,1-4H3,(H,18,23)(H,20,24)/t12-/m0/s1. The van der Waals surface area contributed by atoms with Gasteiger partial charge in [0.1, 0.15) is 5.82 Å². The first-order valence-corrected chi connectivity index (χ1v) is 7.74. The lowest BCUT2D eigenvalue weighted by atomic mass is 10.1. The van der Waals surface area contributed by atoms with E-state index < -0.39 is 0 Å². The van der Waals surface area contributed by atoms with Gasteiger partial charge in [-0.15, -0.1) is 0 Å². The number of hydrogen-bond donors (Lipinski definition) is 2. The van der Waals surface area contributed by atoms with Crippen LogP contribution in [0, 0.1) is 5.92 Å². The largest absolute Gasteiger partial charge is 0.359 e. The number of nitrogens with zero attached hydrogens (tertiary/aromatic N) is 3. The van der Waals surface area contributed by atoms with E-state index in [9.17, 15) is 9.59 Å². The molecular weight excluding hydrogens is 306 g/mol. The second-order valence-electron chi connectivity index (χ2n) is 5.77. The van der Waals surface area contributed by atoms with Gasteiger partial charge in [0.2, 0.25) is 5.91 Å². The number of rotatable bonds is 5. The van der Waals surface area contributed by atoms with Gasteiger partial charge in [-0.3, -0.25) is 4.79 Å². The molecule has 7 nitrogen and oxygen atoms in total. The fourth-order valence-electron chi connectivity index (χ4n) is 2.42. The quantitative estimate of drug-likeness (QED) is 0.880. The van der Waals surface area contributed by atoms with E-state index in [0.29, 0.717) is 12.2 Å². The maximum Gasteiger partial charge on any atom is 0.321 e. The molecule has 7 heteroatoms. The minimum Gasteiger partial charge on any atom is -0.359 e. The van der Waals surface area contributed by atoms with Crippen molar-refractivity contribution in [2.75, 3.05) is 26.0 Å². The lowest BCUT2D eigenvalue weighted by molar-refractivity contribution is -0.124. The van der Waals surface area contributed by atoms with Crippen molar-refractivity contribution < 1.29 is 9.59 Å². The summed E-state index contributed by atoms with van der Waals surface area (Å²) in [7, 11) is 5.17. The van der Waals surface area contributed by atoms with E-state index in [-0.39, 0.29) is 17.9 Å². The van der Waals surface area contributed by atoms with Crippen LogP contribution in [0.3, 0.4) is 0 Å². The van der Waals surface area contributed by atoms with E-state index in [0.717, 1.165) is 11.4 Å². The van der Waals surface area contributed by atoms with E-state index in [1.54, 1.807) is 27.2 Å². The molecule has 0 saturated carbocycles. The van der Waals surface area contributed by atoms with Gasteiger partial charge in [-0.25, -0.2) is 9.78 Å². The molecular formula is C17H23N5O2. The van der Waals surface area contributed by atoms with Crippen LogP contribution in [0.4, 0.5) is 10.5 Å². The molecule has 0 aliphatic heterocycles. The van der Waals surface area contributed by atoms with Crippen molar-refractivity contribution in [3.8, 4) is 11.4 Å². The number of benzene rings is 1. The monoisotopic (exact) mass is 329 g/mol. The number of carbonyl (C=O) groups is 2. The fraction of sp³-hybridized carbons (Fsp3) is 0.353. The molecule has 0 fully saturated rings. The zero-order chi connectivity index (χ0) is 17.7. The van der Waals surface area contributed by atoms with E-state index in [1.807, 2.05) is 42.1 Å². The number of aryl methyl sites for hydroxylation is 1. The van der Waals surface area contributed by atoms with Crippen molar-refractivity contribution in [1.82, 2.24) is 19.8 Å². The molecule has 0 aliphatic carbocycles. The van der Waals surface area contributed by atoms with Gasteiger partial charge >= 0.3 is 6.03 Å². The summed E-state index contributed by atoms with van der Waals surface area (Å²) >= 11 is 0. The molecule has 0 spiro atoms. The van der Waals surface area contributed by atoms with E-state index >= 15 is 0 Å². The smallest absolute Gasteiger partial charge is 0.321 e. The summed E-state index contributed by atoms with van der Waals surface area (Å²) in [4.78, 5) is 29.6. The fourth-order valence-corrected chi connectivity index (χ4v) is 2.42. The Morgan fingerprint density at radius 1 is 1.38 bits per heavy atom. The van der Waals surface area contributed by atoms with E-state index in [1.165, 1.54) is 4.90 Å². The Morgan fingerprint density at radius 2 is 2.12 bits per heavy atom. The van der Waals surface area contributed by atoms with Gasteiger partial charge in [-0.2, -0.15) is 0 Å². The van der Waals surface area contributed by atoms with Gasteiger partial charge in [-0.1, -0.05) is 19.1 Å². The number of urea groups is 1. The number of aromatic nitrogens is 2. The summed E-state index contributed by atoms with van der Waals surface area (Å²) in [6, 6.07) is 7.24. The van der Waals surface area contributed by atoms with Crippen LogP contribution in [0.15, 0.2) is 36.7 Å². The Kier molecular flexibility index (Phi) is 5.57. The molecule has 2 aromatic rings. The zero-order valence-corrected chi connectivity index (χ0v) is 14.4. The minimum atomic E-state index is -0.273. The normalized spacial score (nSPS) is 11.7. The van der Waals surface area contributed by atoms with Gasteiger partial charge in [0, 0.05) is 51.3 Å². The third kappa shape index (κ3) is 4.13. The molecule has 0 aliphatic rings. The highest BCUT2D eigenvalue weighted by Crippen LogP contribution is 2.20. The Balaban J connectivity index is 2.04. The average molecular weight is 329 g/mol. The minimum absolute atomic E-state index is 0.0913. The van der Waals surface area contributed by atoms with Crippen LogP contribution in [-0.2, 0) is 11.8 Å². The number of hydrogen-bond acceptors (Lipinski definition) is 3. The van der Waals surface area contributed by atoms with Crippen molar-refractivity contribution in [2.45, 2.75) is 6.92 Å². The predicted octanol–water partition coefficient (Wildman–Crippen LogP) is 1.93. The van der Waals surface area contributed by atoms with E-state index in [2.05, 4.69) is 15.6 Å². The Labute approximate surface area is 141 Å². The highest BCUT2D eigenvalue weighted by molar-refractivity contribution is 5.90. The molecule has 1 aromatic heterocycles. The predicted molar refractivity (Wildman–Crippen MR) is 93.5 cm³/mol. The molecule has 2 rings (SSSR count). The van der Waals surface area contributed by atoms with Gasteiger partial charge in [0.25, 0.3) is 0 Å². The van der Waals surface area contributed by atoms with Crippen LogP contribution in [0.5, 0.6) is 0 Å². The van der Waals surface area contributed by atoms with Crippen LogP contribution in [0.25, 0.3) is 11.4 Å². The van der Waals surface area contributed by atoms with E-state index in [4.69, 9.17) is 0 Å². The van der Waals surface area contributed by atoms with Gasteiger partial charge < -0.3 is 20.1 Å². The molecule has 128 valence electrons. The Morgan fingerprint density at radius 3 is 2.75 bits per heavy atom. The third-order valence-electron chi connectivity index (χ3n) is 3.78. The molecule has 3 amide bonds.